The van der Waals surface area contributed by atoms with Crippen molar-refractivity contribution in [3.8, 4) is 0 Å². The average molecular weight is 377 g/mol. The molecule has 2 aromatic heterocycles. The molecule has 4 nitrogen and oxygen atoms in total. The maximum atomic E-state index is 4.44. The first-order valence-corrected chi connectivity index (χ1v) is 10.2. The molecule has 0 unspecified atom stereocenters. The van der Waals surface area contributed by atoms with Gasteiger partial charge in [0.25, 0.3) is 0 Å². The molecule has 0 spiro atoms. The predicted octanol–water partition coefficient (Wildman–Crippen LogP) is 5.02. The molecule has 138 valence electrons. The van der Waals surface area contributed by atoms with Crippen molar-refractivity contribution < 1.29 is 0 Å². The first-order valence-electron chi connectivity index (χ1n) is 9.37. The van der Waals surface area contributed by atoms with Gasteiger partial charge in [0, 0.05) is 46.0 Å². The van der Waals surface area contributed by atoms with Crippen molar-refractivity contribution in [2.45, 2.75) is 33.7 Å². The molecule has 0 radical (unpaired) electrons. The second-order valence-corrected chi connectivity index (χ2v) is 7.75. The van der Waals surface area contributed by atoms with Crippen LogP contribution in [0, 0.1) is 6.92 Å². The molecule has 0 aliphatic heterocycles. The molecule has 4 rings (SSSR count). The fourth-order valence-electron chi connectivity index (χ4n) is 3.64. The lowest BCUT2D eigenvalue weighted by Gasteiger charge is -2.02. The van der Waals surface area contributed by atoms with Gasteiger partial charge in [-0.1, -0.05) is 42.5 Å². The molecule has 5 heteroatoms. The van der Waals surface area contributed by atoms with E-state index in [0.717, 1.165) is 23.3 Å². The Hall–Kier alpha value is -2.66. The average Bonchev–Trinajstić information content (AvgIpc) is 3.16. The van der Waals surface area contributed by atoms with Gasteiger partial charge in [0.15, 0.2) is 0 Å². The maximum absolute atomic E-state index is 4.44. The summed E-state index contributed by atoms with van der Waals surface area (Å²) < 4.78 is 4.47. The second kappa shape index (κ2) is 7.16. The Labute approximate surface area is 163 Å². The van der Waals surface area contributed by atoms with Gasteiger partial charge in [0.05, 0.1) is 6.21 Å². The van der Waals surface area contributed by atoms with Gasteiger partial charge < -0.3 is 9.13 Å². The third kappa shape index (κ3) is 3.02. The van der Waals surface area contributed by atoms with E-state index in [4.69, 9.17) is 0 Å². The summed E-state index contributed by atoms with van der Waals surface area (Å²) in [5.74, 6) is 0. The molecule has 2 heterocycles. The lowest BCUT2D eigenvalue weighted by molar-refractivity contribution is 0.812. The van der Waals surface area contributed by atoms with Crippen LogP contribution in [-0.2, 0) is 20.0 Å². The summed E-state index contributed by atoms with van der Waals surface area (Å²) in [5.41, 5.74) is 4.88. The third-order valence-electron chi connectivity index (χ3n) is 5.19. The highest BCUT2D eigenvalue weighted by atomic mass is 32.1. The Kier molecular flexibility index (Phi) is 4.70. The monoisotopic (exact) mass is 376 g/mol. The van der Waals surface area contributed by atoms with Crippen LogP contribution in [0.25, 0.3) is 21.8 Å². The molecule has 4 aromatic rings. The van der Waals surface area contributed by atoms with Gasteiger partial charge in [-0.15, -0.1) is 5.10 Å². The zero-order valence-corrected chi connectivity index (χ0v) is 17.0. The molecule has 27 heavy (non-hydrogen) atoms. The first-order chi connectivity index (χ1) is 13.1. The molecule has 2 aromatic carbocycles. The quantitative estimate of drug-likeness (QED) is 0.354. The fourth-order valence-corrected chi connectivity index (χ4v) is 4.65. The number of aromatic nitrogens is 2. The number of aryl methyl sites for hydroxylation is 2. The van der Waals surface area contributed by atoms with Crippen LogP contribution in [0.15, 0.2) is 52.7 Å². The predicted molar refractivity (Wildman–Crippen MR) is 116 cm³/mol. The topological polar surface area (TPSA) is 34.6 Å². The maximum Gasteiger partial charge on any atom is 0.210 e. The van der Waals surface area contributed by atoms with Crippen LogP contribution in [0.3, 0.4) is 0 Å². The smallest absolute Gasteiger partial charge is 0.210 e. The van der Waals surface area contributed by atoms with Crippen LogP contribution in [0.4, 0.5) is 0 Å². The van der Waals surface area contributed by atoms with Crippen LogP contribution in [0.2, 0.25) is 0 Å². The summed E-state index contributed by atoms with van der Waals surface area (Å²) in [6.07, 6.45) is 2.87. The van der Waals surface area contributed by atoms with E-state index in [9.17, 15) is 0 Å². The van der Waals surface area contributed by atoms with Crippen molar-refractivity contribution in [1.29, 1.82) is 0 Å². The van der Waals surface area contributed by atoms with Crippen LogP contribution in [0.5, 0.6) is 0 Å². The minimum atomic E-state index is 0.935. The van der Waals surface area contributed by atoms with E-state index >= 15 is 0 Å². The van der Waals surface area contributed by atoms with Gasteiger partial charge in [-0.05, 0) is 44.0 Å². The summed E-state index contributed by atoms with van der Waals surface area (Å²) in [6.45, 7) is 7.46. The van der Waals surface area contributed by atoms with Crippen molar-refractivity contribution in [2.75, 3.05) is 0 Å². The van der Waals surface area contributed by atoms with E-state index in [-0.39, 0.29) is 0 Å². The molecule has 0 saturated heterocycles. The summed E-state index contributed by atoms with van der Waals surface area (Å²) in [5, 5.41) is 11.4. The first kappa shape index (κ1) is 17.7. The molecule has 0 amide bonds. The van der Waals surface area contributed by atoms with E-state index < -0.39 is 0 Å². The van der Waals surface area contributed by atoms with Crippen LogP contribution >= 0.6 is 11.3 Å². The molecule has 0 aliphatic carbocycles. The number of fused-ring (bicyclic) bond motifs is 3. The zero-order valence-electron chi connectivity index (χ0n) is 16.2. The molecule has 0 saturated carbocycles. The summed E-state index contributed by atoms with van der Waals surface area (Å²) >= 11 is 1.71. The second-order valence-electron chi connectivity index (χ2n) is 6.69. The molecular formula is C22H24N4S. The molecule has 0 bridgehead atoms. The van der Waals surface area contributed by atoms with Crippen molar-refractivity contribution in [1.82, 2.24) is 9.13 Å². The normalized spacial score (nSPS) is 12.8. The Bertz CT molecular complexity index is 1220. The van der Waals surface area contributed by atoms with Gasteiger partial charge in [0.1, 0.15) is 0 Å². The summed E-state index contributed by atoms with van der Waals surface area (Å²) in [4.78, 5) is 2.30. The van der Waals surface area contributed by atoms with E-state index in [1.807, 2.05) is 13.3 Å². The van der Waals surface area contributed by atoms with Crippen molar-refractivity contribution in [3.05, 3.63) is 63.4 Å². The van der Waals surface area contributed by atoms with Crippen molar-refractivity contribution >= 4 is 39.4 Å². The fraction of sp³-hybridized carbons (Fsp3) is 0.273. The van der Waals surface area contributed by atoms with Crippen LogP contribution in [-0.4, -0.2) is 15.3 Å². The van der Waals surface area contributed by atoms with Crippen LogP contribution < -0.4 is 4.80 Å². The Balaban J connectivity index is 1.76. The Morgan fingerprint density at radius 1 is 1.04 bits per heavy atom. The van der Waals surface area contributed by atoms with E-state index in [1.165, 1.54) is 32.4 Å². The highest BCUT2D eigenvalue weighted by Crippen LogP contribution is 2.29. The van der Waals surface area contributed by atoms with E-state index in [0.29, 0.717) is 0 Å². The lowest BCUT2D eigenvalue weighted by Crippen LogP contribution is -2.10. The van der Waals surface area contributed by atoms with Gasteiger partial charge in [-0.3, -0.25) is 0 Å². The number of rotatable bonds is 4. The van der Waals surface area contributed by atoms with E-state index in [1.54, 1.807) is 11.3 Å². The van der Waals surface area contributed by atoms with Gasteiger partial charge in [-0.25, -0.2) is 0 Å². The molecule has 0 atom stereocenters. The Morgan fingerprint density at radius 3 is 2.56 bits per heavy atom. The number of nitrogens with zero attached hydrogens (tertiary/aromatic N) is 4. The Morgan fingerprint density at radius 2 is 1.81 bits per heavy atom. The zero-order chi connectivity index (χ0) is 19.0. The number of thiazole rings is 1. The molecule has 0 fully saturated rings. The van der Waals surface area contributed by atoms with E-state index in [2.05, 4.69) is 82.6 Å². The number of hydrogen-bond acceptors (Lipinski definition) is 3. The van der Waals surface area contributed by atoms with Crippen molar-refractivity contribution in [3.63, 3.8) is 0 Å². The highest BCUT2D eigenvalue weighted by molar-refractivity contribution is 7.09. The number of benzene rings is 2. The number of para-hydroxylation sites is 1. The van der Waals surface area contributed by atoms with Gasteiger partial charge in [0.2, 0.25) is 4.80 Å². The van der Waals surface area contributed by atoms with Crippen LogP contribution in [0.1, 0.15) is 30.0 Å². The minimum absolute atomic E-state index is 0.935. The third-order valence-corrected chi connectivity index (χ3v) is 6.56. The summed E-state index contributed by atoms with van der Waals surface area (Å²) in [6, 6.07) is 15.1. The number of hydrogen-bond donors (Lipinski definition) is 0. The highest BCUT2D eigenvalue weighted by Gasteiger charge is 2.09. The SMILES string of the molecule is CCc1sc(=NN=Cc2ccc3c(c2)c2ccccc2n3CC)n(C)c1C. The molecule has 0 aliphatic rings. The molecule has 0 N–H and O–H groups in total. The van der Waals surface area contributed by atoms with Gasteiger partial charge >= 0.3 is 0 Å². The van der Waals surface area contributed by atoms with Crippen molar-refractivity contribution in [2.24, 2.45) is 17.3 Å². The molecular weight excluding hydrogens is 352 g/mol. The standard InChI is InChI=1S/C22H24N4S/c1-5-21-15(3)25(4)22(27-21)24-23-14-16-11-12-20-18(13-16)17-9-7-8-10-19(17)26(20)6-2/h7-14H,5-6H2,1-4H3. The lowest BCUT2D eigenvalue weighted by atomic mass is 10.1. The largest absolute Gasteiger partial charge is 0.341 e. The van der Waals surface area contributed by atoms with Gasteiger partial charge in [-0.2, -0.15) is 5.10 Å². The summed E-state index contributed by atoms with van der Waals surface area (Å²) in [7, 11) is 2.05. The minimum Gasteiger partial charge on any atom is -0.341 e.